The molecule has 29 heavy (non-hydrogen) atoms. The molecule has 0 saturated carbocycles. The van der Waals surface area contributed by atoms with Gasteiger partial charge in [0.15, 0.2) is 0 Å². The minimum Gasteiger partial charge on any atom is -0.508 e. The Morgan fingerprint density at radius 1 is 1.28 bits per heavy atom. The number of benzene rings is 1. The number of rotatable bonds is 8. The Morgan fingerprint density at radius 2 is 1.97 bits per heavy atom. The summed E-state index contributed by atoms with van der Waals surface area (Å²) in [5.74, 6) is -0.898. The number of aromatic hydroxyl groups is 1. The molecular weight excluding hydrogens is 372 g/mol. The number of carbonyl (C=O) groups is 2. The highest BCUT2D eigenvalue weighted by molar-refractivity contribution is 5.85. The number of amides is 1. The molecule has 1 aromatic rings. The lowest BCUT2D eigenvalue weighted by Gasteiger charge is -2.41. The monoisotopic (exact) mass is 406 g/mol. The smallest absolute Gasteiger partial charge is 0.306 e. The van der Waals surface area contributed by atoms with Crippen LogP contribution in [0.2, 0.25) is 0 Å². The van der Waals surface area contributed by atoms with Crippen molar-refractivity contribution in [3.63, 3.8) is 0 Å². The highest BCUT2D eigenvalue weighted by atomic mass is 16.5. The van der Waals surface area contributed by atoms with Gasteiger partial charge in [-0.2, -0.15) is 0 Å². The fourth-order valence-electron chi connectivity index (χ4n) is 3.61. The first-order valence-electron chi connectivity index (χ1n) is 10.0. The predicted molar refractivity (Wildman–Crippen MR) is 110 cm³/mol. The SMILES string of the molecule is COC(=O)C[C@@H]1Cc2ccc(O)cc2CN(C(C)(C)COC(C)(C)CCN)C1=O. The van der Waals surface area contributed by atoms with Crippen LogP contribution in [0.25, 0.3) is 0 Å². The molecule has 0 aromatic heterocycles. The van der Waals surface area contributed by atoms with Crippen molar-refractivity contribution < 1.29 is 24.2 Å². The van der Waals surface area contributed by atoms with Crippen molar-refractivity contribution in [2.45, 2.75) is 64.6 Å². The van der Waals surface area contributed by atoms with Gasteiger partial charge in [0.1, 0.15) is 5.75 Å². The van der Waals surface area contributed by atoms with E-state index < -0.39 is 23.0 Å². The van der Waals surface area contributed by atoms with E-state index in [-0.39, 0.29) is 18.1 Å². The Morgan fingerprint density at radius 3 is 2.59 bits per heavy atom. The molecule has 162 valence electrons. The maximum absolute atomic E-state index is 13.4. The standard InChI is InChI=1S/C22H34N2O5/c1-21(2,14-29-22(3,4)8-9-23)24-13-17-11-18(25)7-6-15(17)10-16(20(24)27)12-19(26)28-5/h6-7,11,16,25H,8-10,12-14,23H2,1-5H3/t16-/m0/s1. The average Bonchev–Trinajstić information content (AvgIpc) is 2.77. The number of fused-ring (bicyclic) bond motifs is 1. The van der Waals surface area contributed by atoms with E-state index in [9.17, 15) is 14.7 Å². The molecule has 0 fully saturated rings. The third-order valence-electron chi connectivity index (χ3n) is 5.53. The third kappa shape index (κ3) is 5.93. The second-order valence-electron chi connectivity index (χ2n) is 8.96. The number of phenols is 1. The molecule has 1 atom stereocenters. The summed E-state index contributed by atoms with van der Waals surface area (Å²) >= 11 is 0. The van der Waals surface area contributed by atoms with Crippen molar-refractivity contribution in [1.82, 2.24) is 4.90 Å². The Kier molecular flexibility index (Phi) is 7.30. The van der Waals surface area contributed by atoms with Crippen LogP contribution >= 0.6 is 0 Å². The molecular formula is C22H34N2O5. The first kappa shape index (κ1) is 23.2. The first-order valence-corrected chi connectivity index (χ1v) is 10.0. The molecule has 1 aliphatic heterocycles. The number of methoxy groups -OCH3 is 1. The molecule has 0 radical (unpaired) electrons. The minimum absolute atomic E-state index is 0.0156. The van der Waals surface area contributed by atoms with E-state index >= 15 is 0 Å². The van der Waals surface area contributed by atoms with E-state index in [1.54, 1.807) is 17.0 Å². The normalized spacial score (nSPS) is 17.7. The van der Waals surface area contributed by atoms with Gasteiger partial charge in [-0.1, -0.05) is 6.07 Å². The third-order valence-corrected chi connectivity index (χ3v) is 5.53. The van der Waals surface area contributed by atoms with Crippen LogP contribution in [0.1, 0.15) is 51.7 Å². The Hall–Kier alpha value is -2.12. The van der Waals surface area contributed by atoms with E-state index in [0.29, 0.717) is 32.5 Å². The molecule has 1 heterocycles. The topological polar surface area (TPSA) is 102 Å². The van der Waals surface area contributed by atoms with Gasteiger partial charge in [0, 0.05) is 6.54 Å². The summed E-state index contributed by atoms with van der Waals surface area (Å²) in [6, 6.07) is 5.11. The van der Waals surface area contributed by atoms with Crippen molar-refractivity contribution in [2.24, 2.45) is 11.7 Å². The average molecular weight is 407 g/mol. The van der Waals surface area contributed by atoms with Gasteiger partial charge in [0.2, 0.25) is 5.91 Å². The number of hydrogen-bond acceptors (Lipinski definition) is 6. The molecule has 1 amide bonds. The van der Waals surface area contributed by atoms with Crippen molar-refractivity contribution in [1.29, 1.82) is 0 Å². The Bertz CT molecular complexity index is 745. The summed E-state index contributed by atoms with van der Waals surface area (Å²) in [7, 11) is 1.32. The number of ether oxygens (including phenoxy) is 2. The summed E-state index contributed by atoms with van der Waals surface area (Å²) in [6.07, 6.45) is 1.15. The van der Waals surface area contributed by atoms with Crippen molar-refractivity contribution in [3.8, 4) is 5.75 Å². The molecule has 1 aromatic carbocycles. The molecule has 7 nitrogen and oxygen atoms in total. The second-order valence-corrected chi connectivity index (χ2v) is 8.96. The molecule has 0 saturated heterocycles. The van der Waals surface area contributed by atoms with Crippen LogP contribution in [0.4, 0.5) is 0 Å². The fraction of sp³-hybridized carbons (Fsp3) is 0.636. The van der Waals surface area contributed by atoms with Gasteiger partial charge in [0.05, 0.1) is 37.2 Å². The van der Waals surface area contributed by atoms with E-state index in [4.69, 9.17) is 15.2 Å². The van der Waals surface area contributed by atoms with E-state index in [1.165, 1.54) is 7.11 Å². The minimum atomic E-state index is -0.621. The number of hydrogen-bond donors (Lipinski definition) is 2. The number of carbonyl (C=O) groups excluding carboxylic acids is 2. The molecule has 3 N–H and O–H groups in total. The maximum atomic E-state index is 13.4. The number of nitrogens with two attached hydrogens (primary N) is 1. The van der Waals surface area contributed by atoms with E-state index in [1.807, 2.05) is 33.8 Å². The van der Waals surface area contributed by atoms with Crippen LogP contribution < -0.4 is 5.73 Å². The molecule has 7 heteroatoms. The van der Waals surface area contributed by atoms with Crippen LogP contribution in [0.15, 0.2) is 18.2 Å². The molecule has 0 unspecified atom stereocenters. The zero-order valence-electron chi connectivity index (χ0n) is 18.2. The highest BCUT2D eigenvalue weighted by Gasteiger charge is 2.39. The van der Waals surface area contributed by atoms with E-state index in [2.05, 4.69) is 0 Å². The molecule has 0 bridgehead atoms. The lowest BCUT2D eigenvalue weighted by molar-refractivity contribution is -0.152. The number of nitrogens with zero attached hydrogens (tertiary/aromatic N) is 1. The van der Waals surface area contributed by atoms with Crippen LogP contribution in [-0.4, -0.2) is 53.3 Å². The van der Waals surface area contributed by atoms with Crippen LogP contribution in [0.5, 0.6) is 5.75 Å². The first-order chi connectivity index (χ1) is 13.5. The summed E-state index contributed by atoms with van der Waals surface area (Å²) in [6.45, 7) is 9.04. The summed E-state index contributed by atoms with van der Waals surface area (Å²) in [4.78, 5) is 27.1. The van der Waals surface area contributed by atoms with Gasteiger partial charge in [0.25, 0.3) is 0 Å². The zero-order chi connectivity index (χ0) is 21.8. The Labute approximate surface area is 173 Å². The second kappa shape index (κ2) is 9.13. The molecule has 2 rings (SSSR count). The van der Waals surface area contributed by atoms with Gasteiger partial charge in [-0.15, -0.1) is 0 Å². The quantitative estimate of drug-likeness (QED) is 0.643. The zero-order valence-corrected chi connectivity index (χ0v) is 18.2. The predicted octanol–water partition coefficient (Wildman–Crippen LogP) is 2.38. The number of phenolic OH excluding ortho intramolecular Hbond substituents is 1. The largest absolute Gasteiger partial charge is 0.508 e. The molecule has 1 aliphatic rings. The van der Waals surface area contributed by atoms with Gasteiger partial charge in [-0.05, 0) is 70.3 Å². The maximum Gasteiger partial charge on any atom is 0.306 e. The van der Waals surface area contributed by atoms with Gasteiger partial charge in [-0.25, -0.2) is 0 Å². The number of esters is 1. The van der Waals surface area contributed by atoms with Gasteiger partial charge in [-0.3, -0.25) is 9.59 Å². The van der Waals surface area contributed by atoms with Crippen LogP contribution in [0.3, 0.4) is 0 Å². The van der Waals surface area contributed by atoms with Crippen molar-refractivity contribution in [2.75, 3.05) is 20.3 Å². The molecule has 0 aliphatic carbocycles. The highest BCUT2D eigenvalue weighted by Crippen LogP contribution is 2.32. The van der Waals surface area contributed by atoms with Crippen LogP contribution in [-0.2, 0) is 32.0 Å². The Balaban J connectivity index is 2.33. The summed E-state index contributed by atoms with van der Waals surface area (Å²) in [5, 5.41) is 9.94. The van der Waals surface area contributed by atoms with Crippen LogP contribution in [0, 0.1) is 5.92 Å². The van der Waals surface area contributed by atoms with Gasteiger partial charge < -0.3 is 25.2 Å². The lowest BCUT2D eigenvalue weighted by Crippen LogP contribution is -2.53. The summed E-state index contributed by atoms with van der Waals surface area (Å²) in [5.41, 5.74) is 6.48. The van der Waals surface area contributed by atoms with E-state index in [0.717, 1.165) is 11.1 Å². The fourth-order valence-corrected chi connectivity index (χ4v) is 3.61. The van der Waals surface area contributed by atoms with Crippen molar-refractivity contribution in [3.05, 3.63) is 29.3 Å². The van der Waals surface area contributed by atoms with Crippen molar-refractivity contribution >= 4 is 11.9 Å². The molecule has 0 spiro atoms. The van der Waals surface area contributed by atoms with Gasteiger partial charge >= 0.3 is 5.97 Å². The lowest BCUT2D eigenvalue weighted by atomic mass is 9.93. The summed E-state index contributed by atoms with van der Waals surface area (Å²) < 4.78 is 10.9.